The lowest BCUT2D eigenvalue weighted by molar-refractivity contribution is 0.0701. The SMILES string of the molecule is Cc1nc(CNC(=O)NCC2CCCO2)sc1C(=O)O. The molecule has 1 unspecified atom stereocenters. The average molecular weight is 299 g/mol. The summed E-state index contributed by atoms with van der Waals surface area (Å²) >= 11 is 1.08. The second-order valence-electron chi connectivity index (χ2n) is 4.53. The molecular formula is C12H17N3O4S. The van der Waals surface area contributed by atoms with E-state index in [-0.39, 0.29) is 23.6 Å². The molecule has 1 aromatic heterocycles. The minimum atomic E-state index is -0.992. The van der Waals surface area contributed by atoms with Crippen molar-refractivity contribution in [2.24, 2.45) is 0 Å². The van der Waals surface area contributed by atoms with Crippen molar-refractivity contribution in [3.63, 3.8) is 0 Å². The van der Waals surface area contributed by atoms with E-state index in [1.54, 1.807) is 6.92 Å². The summed E-state index contributed by atoms with van der Waals surface area (Å²) in [6, 6.07) is -0.301. The lowest BCUT2D eigenvalue weighted by atomic mass is 10.2. The summed E-state index contributed by atoms with van der Waals surface area (Å²) in [5, 5.41) is 14.9. The maximum atomic E-state index is 11.6. The summed E-state index contributed by atoms with van der Waals surface area (Å²) < 4.78 is 5.39. The summed E-state index contributed by atoms with van der Waals surface area (Å²) in [4.78, 5) is 26.8. The van der Waals surface area contributed by atoms with Crippen molar-refractivity contribution in [1.29, 1.82) is 0 Å². The molecule has 1 aromatic rings. The van der Waals surface area contributed by atoms with Crippen molar-refractivity contribution in [3.05, 3.63) is 15.6 Å². The van der Waals surface area contributed by atoms with Gasteiger partial charge in [-0.1, -0.05) is 0 Å². The Hall–Kier alpha value is -1.67. The number of aryl methyl sites for hydroxylation is 1. The zero-order chi connectivity index (χ0) is 14.5. The van der Waals surface area contributed by atoms with E-state index in [2.05, 4.69) is 15.6 Å². The van der Waals surface area contributed by atoms with Crippen LogP contribution in [0.5, 0.6) is 0 Å². The quantitative estimate of drug-likeness (QED) is 0.756. The third kappa shape index (κ3) is 3.91. The molecule has 1 aliphatic heterocycles. The molecule has 1 saturated heterocycles. The number of ether oxygens (including phenoxy) is 1. The topological polar surface area (TPSA) is 101 Å². The second kappa shape index (κ2) is 6.67. The monoisotopic (exact) mass is 299 g/mol. The summed E-state index contributed by atoms with van der Waals surface area (Å²) in [6.45, 7) is 3.10. The van der Waals surface area contributed by atoms with Gasteiger partial charge in [-0.25, -0.2) is 14.6 Å². The lowest BCUT2D eigenvalue weighted by Crippen LogP contribution is -2.39. The van der Waals surface area contributed by atoms with Crippen LogP contribution in [-0.2, 0) is 11.3 Å². The molecule has 1 aliphatic rings. The van der Waals surface area contributed by atoms with E-state index in [1.165, 1.54) is 0 Å². The van der Waals surface area contributed by atoms with E-state index in [9.17, 15) is 9.59 Å². The molecule has 2 heterocycles. The third-order valence-electron chi connectivity index (χ3n) is 2.95. The molecule has 8 heteroatoms. The maximum absolute atomic E-state index is 11.6. The average Bonchev–Trinajstić information content (AvgIpc) is 3.03. The first kappa shape index (κ1) is 14.7. The van der Waals surface area contributed by atoms with Gasteiger partial charge in [-0.3, -0.25) is 0 Å². The van der Waals surface area contributed by atoms with Crippen LogP contribution in [0.2, 0.25) is 0 Å². The molecule has 3 N–H and O–H groups in total. The van der Waals surface area contributed by atoms with Crippen LogP contribution in [0.25, 0.3) is 0 Å². The van der Waals surface area contributed by atoms with Crippen LogP contribution in [-0.4, -0.2) is 41.3 Å². The number of carboxylic acids is 1. The summed E-state index contributed by atoms with van der Waals surface area (Å²) in [7, 11) is 0. The van der Waals surface area contributed by atoms with Crippen LogP contribution >= 0.6 is 11.3 Å². The first-order chi connectivity index (χ1) is 9.56. The van der Waals surface area contributed by atoms with Gasteiger partial charge in [-0.2, -0.15) is 0 Å². The molecule has 0 bridgehead atoms. The van der Waals surface area contributed by atoms with Gasteiger partial charge in [-0.15, -0.1) is 11.3 Å². The summed E-state index contributed by atoms with van der Waals surface area (Å²) in [6.07, 6.45) is 2.10. The largest absolute Gasteiger partial charge is 0.477 e. The van der Waals surface area contributed by atoms with Crippen LogP contribution in [0.15, 0.2) is 0 Å². The number of thiazole rings is 1. The fourth-order valence-corrected chi connectivity index (χ4v) is 2.80. The smallest absolute Gasteiger partial charge is 0.347 e. The number of nitrogens with one attached hydrogen (secondary N) is 2. The molecule has 0 aliphatic carbocycles. The Morgan fingerprint density at radius 2 is 2.30 bits per heavy atom. The number of carboxylic acid groups (broad SMARTS) is 1. The van der Waals surface area contributed by atoms with Crippen LogP contribution in [0.4, 0.5) is 4.79 Å². The first-order valence-corrected chi connectivity index (χ1v) is 7.21. The highest BCUT2D eigenvalue weighted by Crippen LogP contribution is 2.17. The van der Waals surface area contributed by atoms with Crippen LogP contribution in [0.3, 0.4) is 0 Å². The van der Waals surface area contributed by atoms with Crippen molar-refractivity contribution in [1.82, 2.24) is 15.6 Å². The predicted octanol–water partition coefficient (Wildman–Crippen LogP) is 1.13. The van der Waals surface area contributed by atoms with E-state index in [4.69, 9.17) is 9.84 Å². The molecule has 0 spiro atoms. The number of hydrogen-bond donors (Lipinski definition) is 3. The number of hydrogen-bond acceptors (Lipinski definition) is 5. The zero-order valence-electron chi connectivity index (χ0n) is 11.1. The molecule has 7 nitrogen and oxygen atoms in total. The third-order valence-corrected chi connectivity index (χ3v) is 4.09. The number of urea groups is 1. The fourth-order valence-electron chi connectivity index (χ4n) is 1.96. The standard InChI is InChI=1S/C12H17N3O4S/c1-7-10(11(16)17)20-9(15-7)6-14-12(18)13-5-8-3-2-4-19-8/h8H,2-6H2,1H3,(H,16,17)(H2,13,14,18). The molecular weight excluding hydrogens is 282 g/mol. The Bertz CT molecular complexity index is 497. The van der Waals surface area contributed by atoms with Gasteiger partial charge in [0, 0.05) is 13.2 Å². The fraction of sp³-hybridized carbons (Fsp3) is 0.583. The summed E-state index contributed by atoms with van der Waals surface area (Å²) in [5.74, 6) is -0.992. The molecule has 1 atom stereocenters. The molecule has 1 fully saturated rings. The minimum absolute atomic E-state index is 0.0986. The Morgan fingerprint density at radius 1 is 1.50 bits per heavy atom. The number of aromatic carboxylic acids is 1. The highest BCUT2D eigenvalue weighted by Gasteiger charge is 2.17. The highest BCUT2D eigenvalue weighted by molar-refractivity contribution is 7.13. The van der Waals surface area contributed by atoms with Crippen molar-refractivity contribution >= 4 is 23.3 Å². The van der Waals surface area contributed by atoms with Gasteiger partial charge >= 0.3 is 12.0 Å². The van der Waals surface area contributed by atoms with Gasteiger partial charge < -0.3 is 20.5 Å². The van der Waals surface area contributed by atoms with Gasteiger partial charge in [0.2, 0.25) is 0 Å². The normalized spacial score (nSPS) is 17.9. The van der Waals surface area contributed by atoms with Crippen molar-refractivity contribution in [2.75, 3.05) is 13.2 Å². The van der Waals surface area contributed by atoms with E-state index in [0.29, 0.717) is 17.2 Å². The summed E-state index contributed by atoms with van der Waals surface area (Å²) in [5.41, 5.74) is 0.471. The first-order valence-electron chi connectivity index (χ1n) is 6.39. The Labute approximate surface area is 120 Å². The van der Waals surface area contributed by atoms with Crippen molar-refractivity contribution < 1.29 is 19.4 Å². The van der Waals surface area contributed by atoms with E-state index in [0.717, 1.165) is 30.8 Å². The van der Waals surface area contributed by atoms with Gasteiger partial charge in [-0.05, 0) is 19.8 Å². The van der Waals surface area contributed by atoms with Crippen LogP contribution in [0, 0.1) is 6.92 Å². The molecule has 0 radical (unpaired) electrons. The number of carbonyl (C=O) groups is 2. The maximum Gasteiger partial charge on any atom is 0.347 e. The lowest BCUT2D eigenvalue weighted by Gasteiger charge is -2.11. The molecule has 0 aromatic carbocycles. The molecule has 0 saturated carbocycles. The Kier molecular flexibility index (Phi) is 4.91. The molecule has 20 heavy (non-hydrogen) atoms. The van der Waals surface area contributed by atoms with E-state index < -0.39 is 5.97 Å². The predicted molar refractivity (Wildman–Crippen MR) is 73.0 cm³/mol. The van der Waals surface area contributed by atoms with Crippen molar-refractivity contribution in [3.8, 4) is 0 Å². The minimum Gasteiger partial charge on any atom is -0.477 e. The number of nitrogens with zero attached hydrogens (tertiary/aromatic N) is 1. The van der Waals surface area contributed by atoms with E-state index in [1.807, 2.05) is 0 Å². The number of aromatic nitrogens is 1. The molecule has 2 amide bonds. The van der Waals surface area contributed by atoms with Crippen molar-refractivity contribution in [2.45, 2.75) is 32.4 Å². The molecule has 2 rings (SSSR count). The van der Waals surface area contributed by atoms with Crippen LogP contribution in [0.1, 0.15) is 33.2 Å². The number of carbonyl (C=O) groups excluding carboxylic acids is 1. The van der Waals surface area contributed by atoms with Gasteiger partial charge in [0.05, 0.1) is 18.3 Å². The van der Waals surface area contributed by atoms with Gasteiger partial charge in [0.15, 0.2) is 0 Å². The Morgan fingerprint density at radius 3 is 2.90 bits per heavy atom. The number of rotatable bonds is 5. The molecule has 110 valence electrons. The highest BCUT2D eigenvalue weighted by atomic mass is 32.1. The van der Waals surface area contributed by atoms with E-state index >= 15 is 0 Å². The van der Waals surface area contributed by atoms with Crippen LogP contribution < -0.4 is 10.6 Å². The number of amides is 2. The van der Waals surface area contributed by atoms with Gasteiger partial charge in [0.25, 0.3) is 0 Å². The Balaban J connectivity index is 1.75. The second-order valence-corrected chi connectivity index (χ2v) is 5.61. The van der Waals surface area contributed by atoms with Gasteiger partial charge in [0.1, 0.15) is 9.88 Å². The zero-order valence-corrected chi connectivity index (χ0v) is 12.0.